The lowest BCUT2D eigenvalue weighted by molar-refractivity contribution is -0.167. The van der Waals surface area contributed by atoms with Gasteiger partial charge in [0.1, 0.15) is 13.2 Å². The summed E-state index contributed by atoms with van der Waals surface area (Å²) in [6, 6.07) is 0. The fourth-order valence-electron chi connectivity index (χ4n) is 9.36. The number of hydrogen-bond acceptors (Lipinski definition) is 6. The van der Waals surface area contributed by atoms with Gasteiger partial charge in [0.25, 0.3) is 0 Å². The molecule has 6 heteroatoms. The van der Waals surface area contributed by atoms with Crippen LogP contribution in [0, 0.1) is 0 Å². The van der Waals surface area contributed by atoms with E-state index in [2.05, 4.69) is 93.7 Å². The van der Waals surface area contributed by atoms with Crippen molar-refractivity contribution < 1.29 is 28.6 Å². The number of carbonyl (C=O) groups is 3. The topological polar surface area (TPSA) is 78.9 Å². The third-order valence-electron chi connectivity index (χ3n) is 14.2. The molecule has 0 radical (unpaired) electrons. The van der Waals surface area contributed by atoms with Gasteiger partial charge in [-0.25, -0.2) is 0 Å². The van der Waals surface area contributed by atoms with Gasteiger partial charge in [0.05, 0.1) is 0 Å². The van der Waals surface area contributed by atoms with E-state index in [9.17, 15) is 14.4 Å². The number of carbonyl (C=O) groups excluding carboxylic acids is 3. The first-order valence-electron chi connectivity index (χ1n) is 32.4. The molecule has 0 saturated heterocycles. The van der Waals surface area contributed by atoms with Gasteiger partial charge in [0, 0.05) is 19.3 Å². The van der Waals surface area contributed by atoms with Crippen molar-refractivity contribution >= 4 is 17.9 Å². The van der Waals surface area contributed by atoms with E-state index in [1.807, 2.05) is 0 Å². The highest BCUT2D eigenvalue weighted by Crippen LogP contribution is 2.17. The fraction of sp³-hybridized carbons (Fsp3) is 0.783. The minimum absolute atomic E-state index is 0.0945. The van der Waals surface area contributed by atoms with Crippen LogP contribution in [-0.4, -0.2) is 37.2 Å². The predicted octanol–water partition coefficient (Wildman–Crippen LogP) is 22.1. The van der Waals surface area contributed by atoms with Crippen LogP contribution in [0.4, 0.5) is 0 Å². The van der Waals surface area contributed by atoms with E-state index in [1.54, 1.807) is 0 Å². The van der Waals surface area contributed by atoms with Gasteiger partial charge in [-0.2, -0.15) is 0 Å². The zero-order valence-corrected chi connectivity index (χ0v) is 49.8. The summed E-state index contributed by atoms with van der Waals surface area (Å²) in [6.45, 7) is 6.49. The van der Waals surface area contributed by atoms with Crippen LogP contribution < -0.4 is 0 Å². The van der Waals surface area contributed by atoms with Crippen LogP contribution in [0.15, 0.2) is 72.9 Å². The lowest BCUT2D eigenvalue weighted by Gasteiger charge is -2.18. The van der Waals surface area contributed by atoms with Gasteiger partial charge in [-0.05, 0) is 83.5 Å². The highest BCUT2D eigenvalue weighted by atomic mass is 16.6. The highest BCUT2D eigenvalue weighted by molar-refractivity contribution is 5.71. The van der Waals surface area contributed by atoms with Crippen molar-refractivity contribution in [1.82, 2.24) is 0 Å². The second-order valence-corrected chi connectivity index (χ2v) is 21.6. The maximum atomic E-state index is 12.8. The number of esters is 3. The smallest absolute Gasteiger partial charge is 0.306 e. The molecule has 0 aromatic rings. The van der Waals surface area contributed by atoms with Crippen LogP contribution in [0.1, 0.15) is 329 Å². The lowest BCUT2D eigenvalue weighted by atomic mass is 10.0. The Hall–Kier alpha value is -3.15. The summed E-state index contributed by atoms with van der Waals surface area (Å²) in [4.78, 5) is 38.1. The lowest BCUT2D eigenvalue weighted by Crippen LogP contribution is -2.30. The molecular formula is C69H122O6. The van der Waals surface area contributed by atoms with Crippen molar-refractivity contribution in [2.24, 2.45) is 0 Å². The van der Waals surface area contributed by atoms with Crippen molar-refractivity contribution in [2.45, 2.75) is 335 Å². The molecule has 0 bridgehead atoms. The number of hydrogen-bond donors (Lipinski definition) is 0. The van der Waals surface area contributed by atoms with E-state index in [0.717, 1.165) is 77.0 Å². The molecule has 75 heavy (non-hydrogen) atoms. The Morgan fingerprint density at radius 3 is 0.867 bits per heavy atom. The van der Waals surface area contributed by atoms with Crippen LogP contribution in [0.3, 0.4) is 0 Å². The first-order valence-corrected chi connectivity index (χ1v) is 32.4. The van der Waals surface area contributed by atoms with E-state index >= 15 is 0 Å². The number of unbranched alkanes of at least 4 members (excludes halogenated alkanes) is 36. The minimum atomic E-state index is -0.802. The number of allylic oxidation sites excluding steroid dienone is 12. The standard InChI is InChI=1S/C69H122O6/c1-4-7-10-13-16-19-21-23-25-27-28-29-30-31-32-33-34-35-36-37-38-39-40-42-43-45-47-50-53-56-59-62-68(71)74-65-66(64-73-67(70)61-58-55-52-49-18-15-12-9-6-3)75-69(72)63-60-57-54-51-48-46-44-41-26-24-22-20-17-14-11-8-5-2/h8,11,17,20,24,26-28,44,46,51,54,66H,4-7,9-10,12-16,18-19,21-23,25,29-43,45,47-50,52-53,55-65H2,1-3H3/b11-8-,20-17-,26-24-,28-27-,46-44-,54-51-. The summed E-state index contributed by atoms with van der Waals surface area (Å²) in [5, 5.41) is 0. The fourth-order valence-corrected chi connectivity index (χ4v) is 9.36. The van der Waals surface area contributed by atoms with E-state index in [-0.39, 0.29) is 37.5 Å². The van der Waals surface area contributed by atoms with Gasteiger partial charge in [-0.1, -0.05) is 299 Å². The zero-order chi connectivity index (χ0) is 54.3. The molecule has 1 atom stereocenters. The second kappa shape index (κ2) is 63.4. The molecular weight excluding hydrogens is 925 g/mol. The molecule has 0 aliphatic carbocycles. The Morgan fingerprint density at radius 2 is 0.533 bits per heavy atom. The number of ether oxygens (including phenoxy) is 3. The average molecular weight is 1050 g/mol. The van der Waals surface area contributed by atoms with E-state index in [4.69, 9.17) is 14.2 Å². The molecule has 0 aliphatic heterocycles. The summed E-state index contributed by atoms with van der Waals surface area (Å²) < 4.78 is 16.8. The summed E-state index contributed by atoms with van der Waals surface area (Å²) in [5.74, 6) is -0.944. The van der Waals surface area contributed by atoms with Crippen LogP contribution in [0.5, 0.6) is 0 Å². The highest BCUT2D eigenvalue weighted by Gasteiger charge is 2.19. The maximum absolute atomic E-state index is 12.8. The van der Waals surface area contributed by atoms with Gasteiger partial charge in [0.2, 0.25) is 0 Å². The first kappa shape index (κ1) is 71.8. The first-order chi connectivity index (χ1) is 37.0. The largest absolute Gasteiger partial charge is 0.462 e. The molecule has 0 N–H and O–H groups in total. The summed E-state index contributed by atoms with van der Waals surface area (Å²) in [7, 11) is 0. The molecule has 0 heterocycles. The summed E-state index contributed by atoms with van der Waals surface area (Å²) in [5.41, 5.74) is 0. The Labute approximate surface area is 465 Å². The van der Waals surface area contributed by atoms with Crippen molar-refractivity contribution in [3.63, 3.8) is 0 Å². The molecule has 0 aromatic carbocycles. The van der Waals surface area contributed by atoms with Crippen LogP contribution in [0.25, 0.3) is 0 Å². The molecule has 0 fully saturated rings. The van der Waals surface area contributed by atoms with Crippen molar-refractivity contribution in [3.8, 4) is 0 Å². The molecule has 0 amide bonds. The van der Waals surface area contributed by atoms with Crippen molar-refractivity contribution in [3.05, 3.63) is 72.9 Å². The Balaban J connectivity index is 4.12. The molecule has 6 nitrogen and oxygen atoms in total. The van der Waals surface area contributed by atoms with E-state index < -0.39 is 6.10 Å². The predicted molar refractivity (Wildman–Crippen MR) is 325 cm³/mol. The second-order valence-electron chi connectivity index (χ2n) is 21.6. The minimum Gasteiger partial charge on any atom is -0.462 e. The quantitative estimate of drug-likeness (QED) is 0.0261. The third kappa shape index (κ3) is 61.6. The number of rotatable bonds is 59. The molecule has 434 valence electrons. The molecule has 1 unspecified atom stereocenters. The monoisotopic (exact) mass is 1050 g/mol. The molecule has 0 aliphatic rings. The molecule has 0 aromatic heterocycles. The molecule has 0 saturated carbocycles. The normalized spacial score (nSPS) is 12.5. The summed E-state index contributed by atoms with van der Waals surface area (Å²) >= 11 is 0. The Bertz CT molecular complexity index is 1390. The average Bonchev–Trinajstić information content (AvgIpc) is 3.41. The Morgan fingerprint density at radius 1 is 0.280 bits per heavy atom. The SMILES string of the molecule is CC/C=C\C/C=C\C/C=C\C/C=C\C/C=C\CCCC(=O)OC(COC(=O)CCCCCCCCCCC)COC(=O)CCCCCCCCCCCCCCCCCCCCC/C=C\CCCCCCCCCC. The molecule has 0 spiro atoms. The zero-order valence-electron chi connectivity index (χ0n) is 49.8. The van der Waals surface area contributed by atoms with Crippen molar-refractivity contribution in [2.75, 3.05) is 13.2 Å². The van der Waals surface area contributed by atoms with Gasteiger partial charge < -0.3 is 14.2 Å². The van der Waals surface area contributed by atoms with Gasteiger partial charge in [0.15, 0.2) is 6.10 Å². The third-order valence-corrected chi connectivity index (χ3v) is 14.2. The van der Waals surface area contributed by atoms with Crippen molar-refractivity contribution in [1.29, 1.82) is 0 Å². The van der Waals surface area contributed by atoms with Gasteiger partial charge in [-0.3, -0.25) is 14.4 Å². The Kier molecular flexibility index (Phi) is 60.7. The van der Waals surface area contributed by atoms with Gasteiger partial charge in [-0.15, -0.1) is 0 Å². The van der Waals surface area contributed by atoms with Crippen LogP contribution in [-0.2, 0) is 28.6 Å². The molecule has 0 rings (SSSR count). The van der Waals surface area contributed by atoms with E-state index in [1.165, 1.54) is 205 Å². The maximum Gasteiger partial charge on any atom is 0.306 e. The van der Waals surface area contributed by atoms with E-state index in [0.29, 0.717) is 19.3 Å². The van der Waals surface area contributed by atoms with Crippen LogP contribution >= 0.6 is 0 Å². The summed E-state index contributed by atoms with van der Waals surface area (Å²) in [6.07, 6.45) is 82.4. The van der Waals surface area contributed by atoms with Crippen LogP contribution in [0.2, 0.25) is 0 Å². The van der Waals surface area contributed by atoms with Gasteiger partial charge >= 0.3 is 17.9 Å².